The zero-order valence-electron chi connectivity index (χ0n) is 20.1. The van der Waals surface area contributed by atoms with Gasteiger partial charge in [-0.05, 0) is 30.2 Å². The van der Waals surface area contributed by atoms with Crippen molar-refractivity contribution in [3.63, 3.8) is 0 Å². The highest BCUT2D eigenvalue weighted by Gasteiger charge is 2.31. The second kappa shape index (κ2) is 11.5. The van der Waals surface area contributed by atoms with E-state index in [0.717, 1.165) is 54.5 Å². The smallest absolute Gasteiger partial charge is 0.243 e. The molecule has 0 saturated carbocycles. The molecule has 0 aliphatic carbocycles. The number of carbonyl (C=O) groups is 1. The largest absolute Gasteiger partial charge is 0.497 e. The molecular formula is C24H33N3O6S. The van der Waals surface area contributed by atoms with Crippen LogP contribution in [0.4, 0.5) is 5.69 Å². The minimum atomic E-state index is -3.80. The Morgan fingerprint density at radius 1 is 1.12 bits per heavy atom. The first kappa shape index (κ1) is 25.8. The fraction of sp³-hybridized carbons (Fsp3) is 0.458. The summed E-state index contributed by atoms with van der Waals surface area (Å²) in [7, 11) is -0.874. The molecule has 1 heterocycles. The lowest BCUT2D eigenvalue weighted by Crippen LogP contribution is -2.47. The van der Waals surface area contributed by atoms with E-state index in [9.17, 15) is 13.2 Å². The Morgan fingerprint density at radius 2 is 1.82 bits per heavy atom. The van der Waals surface area contributed by atoms with Gasteiger partial charge in [0.25, 0.3) is 0 Å². The van der Waals surface area contributed by atoms with Gasteiger partial charge in [0.2, 0.25) is 15.9 Å². The fourth-order valence-corrected chi connectivity index (χ4v) is 5.11. The Bertz CT molecular complexity index is 1090. The van der Waals surface area contributed by atoms with E-state index in [0.29, 0.717) is 11.5 Å². The molecule has 0 bridgehead atoms. The van der Waals surface area contributed by atoms with Crippen LogP contribution < -0.4 is 19.1 Å². The van der Waals surface area contributed by atoms with Crippen molar-refractivity contribution >= 4 is 21.6 Å². The van der Waals surface area contributed by atoms with Crippen LogP contribution in [0.1, 0.15) is 18.1 Å². The summed E-state index contributed by atoms with van der Waals surface area (Å²) in [5.74, 6) is 0.352. The Balaban J connectivity index is 1.73. The molecule has 0 unspecified atom stereocenters. The minimum Gasteiger partial charge on any atom is -0.497 e. The lowest BCUT2D eigenvalue weighted by atomic mass is 10.1. The summed E-state index contributed by atoms with van der Waals surface area (Å²) >= 11 is 0. The van der Waals surface area contributed by atoms with Gasteiger partial charge in [0.05, 0.1) is 39.4 Å². The Hall–Kier alpha value is -2.82. The third-order valence-electron chi connectivity index (χ3n) is 5.68. The van der Waals surface area contributed by atoms with E-state index in [-0.39, 0.29) is 12.2 Å². The van der Waals surface area contributed by atoms with Crippen LogP contribution in [-0.2, 0) is 32.6 Å². The van der Waals surface area contributed by atoms with Gasteiger partial charge in [0, 0.05) is 32.2 Å². The van der Waals surface area contributed by atoms with E-state index in [1.54, 1.807) is 25.1 Å². The number of nitrogens with one attached hydrogen (secondary N) is 1. The molecule has 34 heavy (non-hydrogen) atoms. The number of anilines is 1. The van der Waals surface area contributed by atoms with Crippen LogP contribution >= 0.6 is 0 Å². The summed E-state index contributed by atoms with van der Waals surface area (Å²) in [5.41, 5.74) is 2.33. The maximum Gasteiger partial charge on any atom is 0.243 e. The van der Waals surface area contributed by atoms with E-state index >= 15 is 0 Å². The molecule has 9 nitrogen and oxygen atoms in total. The van der Waals surface area contributed by atoms with E-state index in [2.05, 4.69) is 22.3 Å². The van der Waals surface area contributed by atoms with Crippen LogP contribution in [-0.4, -0.2) is 72.0 Å². The summed E-state index contributed by atoms with van der Waals surface area (Å²) in [5, 5.41) is 2.87. The molecule has 1 amide bonds. The first-order valence-electron chi connectivity index (χ1n) is 11.1. The number of sulfonamides is 1. The molecule has 1 fully saturated rings. The highest BCUT2D eigenvalue weighted by Crippen LogP contribution is 2.35. The maximum atomic E-state index is 13.0. The van der Waals surface area contributed by atoms with Gasteiger partial charge in [0.15, 0.2) is 0 Å². The highest BCUT2D eigenvalue weighted by atomic mass is 32.2. The average molecular weight is 492 g/mol. The van der Waals surface area contributed by atoms with Gasteiger partial charge in [-0.3, -0.25) is 14.0 Å². The van der Waals surface area contributed by atoms with Gasteiger partial charge >= 0.3 is 0 Å². The number of hydrogen-bond donors (Lipinski definition) is 1. The zero-order valence-corrected chi connectivity index (χ0v) is 20.9. The zero-order chi connectivity index (χ0) is 24.7. The second-order valence-electron chi connectivity index (χ2n) is 8.20. The third kappa shape index (κ3) is 6.62. The summed E-state index contributed by atoms with van der Waals surface area (Å²) in [6, 6.07) is 11.8. The molecule has 1 aliphatic rings. The molecule has 0 spiro atoms. The molecule has 2 aromatic rings. The van der Waals surface area contributed by atoms with Crippen LogP contribution in [0.2, 0.25) is 0 Å². The Kier molecular flexibility index (Phi) is 8.76. The number of benzene rings is 2. The minimum absolute atomic E-state index is 0.236. The Labute approximate surface area is 201 Å². The van der Waals surface area contributed by atoms with Crippen LogP contribution in [0.15, 0.2) is 42.5 Å². The van der Waals surface area contributed by atoms with Crippen molar-refractivity contribution in [3.05, 3.63) is 53.6 Å². The van der Waals surface area contributed by atoms with Crippen molar-refractivity contribution in [1.82, 2.24) is 10.2 Å². The molecule has 1 saturated heterocycles. The standard InChI is InChI=1S/C24H33N3O6S/c1-18(27(34(4,29)30)22-15-21(31-2)8-9-23(22)32-3)24(28)25-16-19-6-5-7-20(14-19)17-26-10-12-33-13-11-26/h5-9,14-15,18H,10-13,16-17H2,1-4H3,(H,25,28)/t18-/m0/s1. The number of carbonyl (C=O) groups excluding carboxylic acids is 1. The predicted octanol–water partition coefficient (Wildman–Crippen LogP) is 2.01. The normalized spacial score (nSPS) is 15.4. The van der Waals surface area contributed by atoms with Gasteiger partial charge in [-0.25, -0.2) is 8.42 Å². The maximum absolute atomic E-state index is 13.0. The number of morpholine rings is 1. The molecule has 3 rings (SSSR count). The van der Waals surface area contributed by atoms with Crippen LogP contribution in [0.25, 0.3) is 0 Å². The van der Waals surface area contributed by atoms with Crippen LogP contribution in [0.5, 0.6) is 11.5 Å². The SMILES string of the molecule is COc1ccc(OC)c(N([C@@H](C)C(=O)NCc2cccc(CN3CCOCC3)c2)S(C)(=O)=O)c1. The molecule has 2 aromatic carbocycles. The van der Waals surface area contributed by atoms with Gasteiger partial charge in [-0.1, -0.05) is 24.3 Å². The second-order valence-corrected chi connectivity index (χ2v) is 10.1. The van der Waals surface area contributed by atoms with E-state index in [4.69, 9.17) is 14.2 Å². The van der Waals surface area contributed by atoms with E-state index in [1.165, 1.54) is 14.2 Å². The van der Waals surface area contributed by atoms with Gasteiger partial charge in [-0.2, -0.15) is 0 Å². The van der Waals surface area contributed by atoms with Crippen molar-refractivity contribution in [3.8, 4) is 11.5 Å². The predicted molar refractivity (Wildman–Crippen MR) is 131 cm³/mol. The highest BCUT2D eigenvalue weighted by molar-refractivity contribution is 7.92. The molecule has 1 aliphatic heterocycles. The quantitative estimate of drug-likeness (QED) is 0.543. The summed E-state index contributed by atoms with van der Waals surface area (Å²) < 4.78 is 42.4. The topological polar surface area (TPSA) is 97.4 Å². The lowest BCUT2D eigenvalue weighted by molar-refractivity contribution is -0.122. The van der Waals surface area contributed by atoms with Crippen molar-refractivity contribution in [2.45, 2.75) is 26.1 Å². The fourth-order valence-electron chi connectivity index (χ4n) is 3.94. The van der Waals surface area contributed by atoms with E-state index in [1.807, 2.05) is 12.1 Å². The van der Waals surface area contributed by atoms with Crippen LogP contribution in [0.3, 0.4) is 0 Å². The van der Waals surface area contributed by atoms with E-state index < -0.39 is 22.0 Å². The molecule has 10 heteroatoms. The lowest BCUT2D eigenvalue weighted by Gasteiger charge is -2.29. The molecular weight excluding hydrogens is 458 g/mol. The van der Waals surface area contributed by atoms with Crippen molar-refractivity contribution < 1.29 is 27.4 Å². The number of rotatable bonds is 10. The van der Waals surface area contributed by atoms with Crippen molar-refractivity contribution in [1.29, 1.82) is 0 Å². The number of ether oxygens (including phenoxy) is 3. The van der Waals surface area contributed by atoms with Crippen molar-refractivity contribution in [2.24, 2.45) is 0 Å². The first-order chi connectivity index (χ1) is 16.2. The Morgan fingerprint density at radius 3 is 2.47 bits per heavy atom. The van der Waals surface area contributed by atoms with Gasteiger partial charge in [-0.15, -0.1) is 0 Å². The van der Waals surface area contributed by atoms with Crippen molar-refractivity contribution in [2.75, 3.05) is 51.1 Å². The molecule has 1 N–H and O–H groups in total. The van der Waals surface area contributed by atoms with Gasteiger partial charge < -0.3 is 19.5 Å². The average Bonchev–Trinajstić information content (AvgIpc) is 2.82. The first-order valence-corrected chi connectivity index (χ1v) is 12.9. The molecule has 186 valence electrons. The molecule has 1 atom stereocenters. The molecule has 0 aromatic heterocycles. The monoisotopic (exact) mass is 491 g/mol. The molecule has 0 radical (unpaired) electrons. The number of methoxy groups -OCH3 is 2. The number of nitrogens with zero attached hydrogens (tertiary/aromatic N) is 2. The number of amides is 1. The summed E-state index contributed by atoms with van der Waals surface area (Å²) in [4.78, 5) is 15.4. The van der Waals surface area contributed by atoms with Gasteiger partial charge in [0.1, 0.15) is 17.5 Å². The van der Waals surface area contributed by atoms with Crippen LogP contribution in [0, 0.1) is 0 Å². The number of hydrogen-bond acceptors (Lipinski definition) is 7. The summed E-state index contributed by atoms with van der Waals surface area (Å²) in [6.07, 6.45) is 1.06. The third-order valence-corrected chi connectivity index (χ3v) is 6.91. The summed E-state index contributed by atoms with van der Waals surface area (Å²) in [6.45, 7) is 5.92.